The smallest absolute Gasteiger partial charge is 0.335 e. The molecule has 1 aliphatic heterocycles. The van der Waals surface area contributed by atoms with Crippen molar-refractivity contribution in [3.8, 4) is 11.5 Å². The Bertz CT molecular complexity index is 1480. The van der Waals surface area contributed by atoms with Gasteiger partial charge in [0.1, 0.15) is 6.61 Å². The minimum absolute atomic E-state index is 0.127. The number of ether oxygens (including phenoxy) is 2. The normalized spacial score (nSPS) is 15.4. The molecule has 0 spiro atoms. The number of methoxy groups -OCH3 is 1. The van der Waals surface area contributed by atoms with E-state index in [0.717, 1.165) is 14.7 Å². The van der Waals surface area contributed by atoms with Crippen LogP contribution >= 0.6 is 57.6 Å². The molecule has 0 aromatic heterocycles. The highest BCUT2D eigenvalue weighted by molar-refractivity contribution is 14.1. The molecule has 1 amide bonds. The lowest BCUT2D eigenvalue weighted by atomic mass is 10.1. The van der Waals surface area contributed by atoms with Gasteiger partial charge in [-0.05, 0) is 95.4 Å². The number of benzene rings is 3. The third-order valence-corrected chi connectivity index (χ3v) is 7.85. The zero-order valence-electron chi connectivity index (χ0n) is 20.2. The number of aliphatic imine (C=N–C) groups is 1. The maximum Gasteiger partial charge on any atom is 0.335 e. The number of carbonyl (C=O) groups is 2. The van der Waals surface area contributed by atoms with Crippen LogP contribution in [0.5, 0.6) is 11.5 Å². The first kappa shape index (κ1) is 28.3. The molecule has 0 unspecified atom stereocenters. The number of amides is 1. The lowest BCUT2D eigenvalue weighted by Gasteiger charge is -2.14. The second kappa shape index (κ2) is 12.4. The van der Waals surface area contributed by atoms with Crippen molar-refractivity contribution in [3.63, 3.8) is 0 Å². The molecule has 0 atom stereocenters. The molecule has 38 heavy (non-hydrogen) atoms. The highest BCUT2D eigenvalue weighted by atomic mass is 127. The highest BCUT2D eigenvalue weighted by Crippen LogP contribution is 2.38. The van der Waals surface area contributed by atoms with E-state index in [9.17, 15) is 14.7 Å². The first-order chi connectivity index (χ1) is 18.2. The summed E-state index contributed by atoms with van der Waals surface area (Å²) in [6.07, 6.45) is 1.77. The van der Waals surface area contributed by atoms with Gasteiger partial charge in [-0.2, -0.15) is 0 Å². The second-order valence-electron chi connectivity index (χ2n) is 7.97. The molecule has 1 heterocycles. The van der Waals surface area contributed by atoms with Crippen LogP contribution in [0.15, 0.2) is 64.5 Å². The third kappa shape index (κ3) is 6.45. The average Bonchev–Trinajstić information content (AvgIpc) is 3.17. The van der Waals surface area contributed by atoms with Crippen LogP contribution in [-0.2, 0) is 11.4 Å². The molecule has 3 aromatic carbocycles. The molecule has 196 valence electrons. The molecule has 11 heteroatoms. The molecule has 0 aliphatic carbocycles. The van der Waals surface area contributed by atoms with E-state index in [-0.39, 0.29) is 18.1 Å². The van der Waals surface area contributed by atoms with Gasteiger partial charge in [0.2, 0.25) is 0 Å². The Hall–Kier alpha value is -2.73. The number of likely N-dealkylation sites (N-methyl/N-ethyl adjacent to an activating group) is 1. The number of halogens is 3. The fourth-order valence-corrected chi connectivity index (χ4v) is 5.90. The molecule has 0 bridgehead atoms. The number of hydrogen-bond acceptors (Lipinski definition) is 6. The van der Waals surface area contributed by atoms with Crippen LogP contribution in [0.1, 0.15) is 28.4 Å². The molecule has 0 radical (unpaired) electrons. The van der Waals surface area contributed by atoms with Crippen molar-refractivity contribution >= 4 is 86.4 Å². The van der Waals surface area contributed by atoms with Crippen molar-refractivity contribution in [2.75, 3.05) is 13.7 Å². The third-order valence-electron chi connectivity index (χ3n) is 5.46. The highest BCUT2D eigenvalue weighted by Gasteiger charge is 2.32. The summed E-state index contributed by atoms with van der Waals surface area (Å²) in [5, 5.41) is 10.8. The topological polar surface area (TPSA) is 88.4 Å². The van der Waals surface area contributed by atoms with Crippen molar-refractivity contribution in [1.29, 1.82) is 0 Å². The maximum absolute atomic E-state index is 13.1. The predicted octanol–water partition coefficient (Wildman–Crippen LogP) is 7.51. The van der Waals surface area contributed by atoms with Crippen molar-refractivity contribution < 1.29 is 24.2 Å². The minimum Gasteiger partial charge on any atom is -0.493 e. The van der Waals surface area contributed by atoms with E-state index in [1.807, 2.05) is 19.1 Å². The number of carbonyl (C=O) groups excluding carboxylic acids is 1. The fourth-order valence-electron chi connectivity index (χ4n) is 3.59. The van der Waals surface area contributed by atoms with Crippen molar-refractivity contribution in [2.24, 2.45) is 4.99 Å². The summed E-state index contributed by atoms with van der Waals surface area (Å²) in [7, 11) is 1.55. The first-order valence-corrected chi connectivity index (χ1v) is 13.9. The summed E-state index contributed by atoms with van der Waals surface area (Å²) in [5.74, 6) is -0.155. The summed E-state index contributed by atoms with van der Waals surface area (Å²) in [6.45, 7) is 2.50. The number of rotatable bonds is 8. The Labute approximate surface area is 247 Å². The summed E-state index contributed by atoms with van der Waals surface area (Å²) in [4.78, 5) is 31.0. The van der Waals surface area contributed by atoms with E-state index in [2.05, 4.69) is 27.6 Å². The summed E-state index contributed by atoms with van der Waals surface area (Å²) >= 11 is 15.6. The molecule has 1 N–H and O–H groups in total. The first-order valence-electron chi connectivity index (χ1n) is 11.3. The number of nitrogens with zero attached hydrogens (tertiary/aromatic N) is 2. The molecule has 1 aliphatic rings. The Kier molecular flexibility index (Phi) is 9.24. The Morgan fingerprint density at radius 2 is 1.97 bits per heavy atom. The lowest BCUT2D eigenvalue weighted by molar-refractivity contribution is -0.122. The van der Waals surface area contributed by atoms with E-state index in [1.165, 1.54) is 23.9 Å². The van der Waals surface area contributed by atoms with E-state index < -0.39 is 5.97 Å². The van der Waals surface area contributed by atoms with Crippen LogP contribution in [0.25, 0.3) is 6.08 Å². The largest absolute Gasteiger partial charge is 0.493 e. The predicted molar refractivity (Wildman–Crippen MR) is 160 cm³/mol. The van der Waals surface area contributed by atoms with Gasteiger partial charge in [0.25, 0.3) is 5.91 Å². The maximum atomic E-state index is 13.1. The molecular weight excluding hydrogens is 662 g/mol. The molecular formula is C27H21Cl2IN2O5S. The molecule has 7 nitrogen and oxygen atoms in total. The molecule has 1 fully saturated rings. The zero-order chi connectivity index (χ0) is 27.4. The van der Waals surface area contributed by atoms with Gasteiger partial charge in [0, 0.05) is 22.2 Å². The summed E-state index contributed by atoms with van der Waals surface area (Å²) in [6, 6.07) is 15.2. The van der Waals surface area contributed by atoms with Crippen LogP contribution in [-0.4, -0.2) is 40.7 Å². The monoisotopic (exact) mass is 682 g/mol. The minimum atomic E-state index is -1.04. The van der Waals surface area contributed by atoms with Crippen LogP contribution in [0, 0.1) is 3.57 Å². The SMILES string of the molecule is CCN1C(=O)/C(=C/c2cc(I)c(OCc3ccc(Cl)cc3Cl)c(OC)c2)SC1=Nc1cccc(C(=O)O)c1. The molecule has 3 aromatic rings. The van der Waals surface area contributed by atoms with Crippen LogP contribution < -0.4 is 9.47 Å². The van der Waals surface area contributed by atoms with Gasteiger partial charge < -0.3 is 14.6 Å². The number of thioether (sulfide) groups is 1. The number of amidine groups is 1. The Morgan fingerprint density at radius 1 is 1.18 bits per heavy atom. The standard InChI is InChI=1S/C27H21Cl2IN2O5S/c1-3-32-25(33)23(38-27(32)31-19-6-4-5-16(12-19)26(34)35)11-15-9-21(30)24(22(10-15)36-2)37-14-17-7-8-18(28)13-20(17)29/h4-13H,3,14H2,1-2H3,(H,34,35)/b23-11-,31-27?. The van der Waals surface area contributed by atoms with E-state index in [0.29, 0.717) is 43.8 Å². The number of carboxylic acids is 1. The molecule has 0 saturated carbocycles. The fraction of sp³-hybridized carbons (Fsp3) is 0.148. The van der Waals surface area contributed by atoms with Gasteiger partial charge in [0.05, 0.1) is 26.8 Å². The van der Waals surface area contributed by atoms with Crippen molar-refractivity contribution in [1.82, 2.24) is 4.90 Å². The van der Waals surface area contributed by atoms with Gasteiger partial charge in [-0.25, -0.2) is 9.79 Å². The number of carboxylic acid groups (broad SMARTS) is 1. The molecule has 1 saturated heterocycles. The number of hydrogen-bond donors (Lipinski definition) is 1. The zero-order valence-corrected chi connectivity index (χ0v) is 24.7. The summed E-state index contributed by atoms with van der Waals surface area (Å²) < 4.78 is 12.4. The lowest BCUT2D eigenvalue weighted by Crippen LogP contribution is -2.28. The van der Waals surface area contributed by atoms with Gasteiger partial charge in [-0.1, -0.05) is 35.3 Å². The quantitative estimate of drug-likeness (QED) is 0.196. The van der Waals surface area contributed by atoms with E-state index >= 15 is 0 Å². The summed E-state index contributed by atoms with van der Waals surface area (Å²) in [5.41, 5.74) is 2.12. The van der Waals surface area contributed by atoms with Crippen LogP contribution in [0.3, 0.4) is 0 Å². The van der Waals surface area contributed by atoms with Gasteiger partial charge in [-0.3, -0.25) is 9.69 Å². The van der Waals surface area contributed by atoms with Crippen LogP contribution in [0.4, 0.5) is 5.69 Å². The second-order valence-corrected chi connectivity index (χ2v) is 11.0. The van der Waals surface area contributed by atoms with Crippen LogP contribution in [0.2, 0.25) is 10.0 Å². The number of aromatic carboxylic acids is 1. The Morgan fingerprint density at radius 3 is 2.66 bits per heavy atom. The van der Waals surface area contributed by atoms with Gasteiger partial charge in [0.15, 0.2) is 16.7 Å². The van der Waals surface area contributed by atoms with E-state index in [1.54, 1.807) is 48.4 Å². The molecule has 4 rings (SSSR count). The Balaban J connectivity index is 1.60. The van der Waals surface area contributed by atoms with Crippen molar-refractivity contribution in [3.05, 3.63) is 89.8 Å². The average molecular weight is 683 g/mol. The van der Waals surface area contributed by atoms with Gasteiger partial charge >= 0.3 is 5.97 Å². The van der Waals surface area contributed by atoms with E-state index in [4.69, 9.17) is 32.7 Å². The van der Waals surface area contributed by atoms with Gasteiger partial charge in [-0.15, -0.1) is 0 Å². The van der Waals surface area contributed by atoms with Crippen molar-refractivity contribution in [2.45, 2.75) is 13.5 Å².